The molecule has 0 spiro atoms. The van der Waals surface area contributed by atoms with Crippen LogP contribution in [0.5, 0.6) is 0 Å². The standard InChI is InChI=1S/C16H25F2NO4/c1-14(2,3)23-13(22)19-8-4-5-11(9-19)6-7-15(12(20)21)10-16(15,17)18/h11H,4-10H2,1-3H3,(H,20,21). The maximum absolute atomic E-state index is 13.4. The molecule has 0 bridgehead atoms. The molecule has 1 amide bonds. The summed E-state index contributed by atoms with van der Waals surface area (Å²) in [7, 11) is 0. The number of rotatable bonds is 4. The minimum atomic E-state index is -3.10. The third-order valence-electron chi connectivity index (χ3n) is 4.66. The molecule has 2 atom stereocenters. The highest BCUT2D eigenvalue weighted by Crippen LogP contribution is 2.63. The summed E-state index contributed by atoms with van der Waals surface area (Å²) >= 11 is 0. The van der Waals surface area contributed by atoms with E-state index in [9.17, 15) is 18.4 Å². The van der Waals surface area contributed by atoms with Crippen molar-refractivity contribution in [1.29, 1.82) is 0 Å². The smallest absolute Gasteiger partial charge is 0.410 e. The zero-order valence-corrected chi connectivity index (χ0v) is 13.9. The number of hydrogen-bond donors (Lipinski definition) is 1. The Kier molecular flexibility index (Phi) is 4.61. The first-order valence-corrected chi connectivity index (χ1v) is 8.06. The lowest BCUT2D eigenvalue weighted by Gasteiger charge is -2.34. The second kappa shape index (κ2) is 5.91. The molecule has 1 aliphatic heterocycles. The monoisotopic (exact) mass is 333 g/mol. The average Bonchev–Trinajstić information content (AvgIpc) is 2.98. The fraction of sp³-hybridized carbons (Fsp3) is 0.875. The van der Waals surface area contributed by atoms with Gasteiger partial charge in [-0.1, -0.05) is 0 Å². The number of ether oxygens (including phenoxy) is 1. The van der Waals surface area contributed by atoms with Crippen LogP contribution in [0.3, 0.4) is 0 Å². The van der Waals surface area contributed by atoms with Gasteiger partial charge in [0.15, 0.2) is 0 Å². The molecule has 1 saturated carbocycles. The van der Waals surface area contributed by atoms with Gasteiger partial charge in [0.1, 0.15) is 11.0 Å². The first kappa shape index (κ1) is 17.9. The number of carboxylic acids is 1. The van der Waals surface area contributed by atoms with Gasteiger partial charge in [-0.3, -0.25) is 4.79 Å². The van der Waals surface area contributed by atoms with E-state index in [4.69, 9.17) is 9.84 Å². The first-order valence-electron chi connectivity index (χ1n) is 8.06. The van der Waals surface area contributed by atoms with Crippen molar-refractivity contribution in [2.45, 2.75) is 64.4 Å². The minimum absolute atomic E-state index is 0.0395. The van der Waals surface area contributed by atoms with E-state index >= 15 is 0 Å². The predicted molar refractivity (Wildman–Crippen MR) is 79.4 cm³/mol. The number of hydrogen-bond acceptors (Lipinski definition) is 3. The van der Waals surface area contributed by atoms with Crippen LogP contribution >= 0.6 is 0 Å². The summed E-state index contributed by atoms with van der Waals surface area (Å²) < 4.78 is 32.1. The number of carbonyl (C=O) groups is 2. The topological polar surface area (TPSA) is 66.8 Å². The van der Waals surface area contributed by atoms with Crippen molar-refractivity contribution < 1.29 is 28.2 Å². The molecule has 1 saturated heterocycles. The molecule has 23 heavy (non-hydrogen) atoms. The quantitative estimate of drug-likeness (QED) is 0.855. The van der Waals surface area contributed by atoms with Gasteiger partial charge in [0, 0.05) is 19.5 Å². The lowest BCUT2D eigenvalue weighted by atomic mass is 9.88. The maximum Gasteiger partial charge on any atom is 0.410 e. The van der Waals surface area contributed by atoms with Crippen LogP contribution in [0.25, 0.3) is 0 Å². The van der Waals surface area contributed by atoms with Gasteiger partial charge in [0.05, 0.1) is 0 Å². The molecule has 132 valence electrons. The Balaban J connectivity index is 1.88. The molecule has 1 N–H and O–H groups in total. The van der Waals surface area contributed by atoms with Crippen LogP contribution in [0, 0.1) is 11.3 Å². The van der Waals surface area contributed by atoms with Gasteiger partial charge in [-0.05, 0) is 52.4 Å². The number of alkyl halides is 2. The molecular weight excluding hydrogens is 308 g/mol. The molecular formula is C16H25F2NO4. The van der Waals surface area contributed by atoms with Crippen molar-refractivity contribution in [2.24, 2.45) is 11.3 Å². The van der Waals surface area contributed by atoms with E-state index in [0.717, 1.165) is 12.8 Å². The van der Waals surface area contributed by atoms with Crippen molar-refractivity contribution in [3.05, 3.63) is 0 Å². The van der Waals surface area contributed by atoms with Gasteiger partial charge >= 0.3 is 12.1 Å². The Hall–Kier alpha value is -1.40. The lowest BCUT2D eigenvalue weighted by molar-refractivity contribution is -0.148. The third kappa shape index (κ3) is 3.93. The second-order valence-corrected chi connectivity index (χ2v) is 7.74. The Labute approximate surface area is 135 Å². The Morgan fingerprint density at radius 1 is 1.35 bits per heavy atom. The Morgan fingerprint density at radius 3 is 2.43 bits per heavy atom. The molecule has 2 aliphatic rings. The van der Waals surface area contributed by atoms with Crippen LogP contribution < -0.4 is 0 Å². The van der Waals surface area contributed by atoms with Crippen LogP contribution in [-0.2, 0) is 9.53 Å². The number of halogens is 2. The zero-order valence-electron chi connectivity index (χ0n) is 13.9. The van der Waals surface area contributed by atoms with Crippen LogP contribution in [0.15, 0.2) is 0 Å². The van der Waals surface area contributed by atoms with E-state index in [1.165, 1.54) is 0 Å². The number of carboxylic acid groups (broad SMARTS) is 1. The summed E-state index contributed by atoms with van der Waals surface area (Å²) in [6.45, 7) is 6.40. The number of aliphatic carboxylic acids is 1. The zero-order chi connectivity index (χ0) is 17.5. The number of carbonyl (C=O) groups excluding carboxylic acids is 1. The van der Waals surface area contributed by atoms with E-state index in [1.54, 1.807) is 25.7 Å². The highest BCUT2D eigenvalue weighted by Gasteiger charge is 2.75. The maximum atomic E-state index is 13.4. The van der Waals surface area contributed by atoms with E-state index in [0.29, 0.717) is 19.5 Å². The number of piperidine rings is 1. The normalized spacial score (nSPS) is 30.0. The minimum Gasteiger partial charge on any atom is -0.481 e. The molecule has 7 heteroatoms. The number of likely N-dealkylation sites (tertiary alicyclic amines) is 1. The Morgan fingerprint density at radius 2 is 1.96 bits per heavy atom. The molecule has 5 nitrogen and oxygen atoms in total. The average molecular weight is 333 g/mol. The third-order valence-corrected chi connectivity index (χ3v) is 4.66. The number of nitrogens with zero attached hydrogens (tertiary/aromatic N) is 1. The summed E-state index contributed by atoms with van der Waals surface area (Å²) in [5.74, 6) is -4.47. The van der Waals surface area contributed by atoms with Crippen LogP contribution in [0.1, 0.15) is 52.9 Å². The molecule has 0 aromatic heterocycles. The second-order valence-electron chi connectivity index (χ2n) is 7.74. The molecule has 2 rings (SSSR count). The van der Waals surface area contributed by atoms with Crippen molar-refractivity contribution in [2.75, 3.05) is 13.1 Å². The van der Waals surface area contributed by atoms with Gasteiger partial charge in [0.2, 0.25) is 0 Å². The molecule has 1 aliphatic carbocycles. The highest BCUT2D eigenvalue weighted by atomic mass is 19.3. The molecule has 2 fully saturated rings. The summed E-state index contributed by atoms with van der Waals surface area (Å²) in [5.41, 5.74) is -2.46. The highest BCUT2D eigenvalue weighted by molar-refractivity contribution is 5.80. The summed E-state index contributed by atoms with van der Waals surface area (Å²) in [6.07, 6.45) is 0.981. The summed E-state index contributed by atoms with van der Waals surface area (Å²) in [4.78, 5) is 24.8. The molecule has 2 unspecified atom stereocenters. The van der Waals surface area contributed by atoms with Crippen molar-refractivity contribution in [3.8, 4) is 0 Å². The van der Waals surface area contributed by atoms with E-state index in [1.807, 2.05) is 0 Å². The van der Waals surface area contributed by atoms with E-state index < -0.39 is 35.4 Å². The fourth-order valence-corrected chi connectivity index (χ4v) is 3.19. The van der Waals surface area contributed by atoms with Crippen LogP contribution in [-0.4, -0.2) is 46.7 Å². The van der Waals surface area contributed by atoms with E-state index in [-0.39, 0.29) is 12.3 Å². The van der Waals surface area contributed by atoms with Crippen molar-refractivity contribution >= 4 is 12.1 Å². The molecule has 0 radical (unpaired) electrons. The summed E-state index contributed by atoms with van der Waals surface area (Å²) in [5, 5.41) is 9.07. The van der Waals surface area contributed by atoms with Gasteiger partial charge in [-0.25, -0.2) is 13.6 Å². The van der Waals surface area contributed by atoms with Gasteiger partial charge < -0.3 is 14.7 Å². The van der Waals surface area contributed by atoms with Crippen molar-refractivity contribution in [3.63, 3.8) is 0 Å². The molecule has 1 heterocycles. The number of amides is 1. The Bertz CT molecular complexity index is 489. The van der Waals surface area contributed by atoms with E-state index in [2.05, 4.69) is 0 Å². The largest absolute Gasteiger partial charge is 0.481 e. The van der Waals surface area contributed by atoms with Crippen molar-refractivity contribution in [1.82, 2.24) is 4.90 Å². The SMILES string of the molecule is CC(C)(C)OC(=O)N1CCCC(CCC2(C(=O)O)CC2(F)F)C1. The molecule has 0 aromatic rings. The fourth-order valence-electron chi connectivity index (χ4n) is 3.19. The van der Waals surface area contributed by atoms with Gasteiger partial charge in [0.25, 0.3) is 5.92 Å². The molecule has 0 aromatic carbocycles. The first-order chi connectivity index (χ1) is 10.5. The summed E-state index contributed by atoms with van der Waals surface area (Å²) in [6, 6.07) is 0. The van der Waals surface area contributed by atoms with Gasteiger partial charge in [-0.2, -0.15) is 0 Å². The van der Waals surface area contributed by atoms with Crippen LogP contribution in [0.2, 0.25) is 0 Å². The predicted octanol–water partition coefficient (Wildman–Crippen LogP) is 3.52. The van der Waals surface area contributed by atoms with Crippen LogP contribution in [0.4, 0.5) is 13.6 Å². The lowest BCUT2D eigenvalue weighted by Crippen LogP contribution is -2.43. The van der Waals surface area contributed by atoms with Gasteiger partial charge in [-0.15, -0.1) is 0 Å².